The Morgan fingerprint density at radius 1 is 1.03 bits per heavy atom. The van der Waals surface area contributed by atoms with Crippen molar-refractivity contribution in [1.82, 2.24) is 10.3 Å². The van der Waals surface area contributed by atoms with Crippen LogP contribution in [0.5, 0.6) is 0 Å². The minimum absolute atomic E-state index is 0.0985. The molecule has 1 amide bonds. The highest BCUT2D eigenvalue weighted by atomic mass is 35.5. The van der Waals surface area contributed by atoms with Gasteiger partial charge in [-0.1, -0.05) is 77.5 Å². The Morgan fingerprint density at radius 3 is 2.52 bits per heavy atom. The van der Waals surface area contributed by atoms with Gasteiger partial charge < -0.3 is 5.32 Å². The van der Waals surface area contributed by atoms with Crippen LogP contribution in [0.1, 0.15) is 27.0 Å². The molecule has 168 valence electrons. The van der Waals surface area contributed by atoms with Crippen LogP contribution >= 0.6 is 23.4 Å². The Kier molecular flexibility index (Phi) is 6.68. The van der Waals surface area contributed by atoms with E-state index in [1.54, 1.807) is 49.5 Å². The van der Waals surface area contributed by atoms with E-state index < -0.39 is 18.4 Å². The molecule has 4 rings (SSSR count). The van der Waals surface area contributed by atoms with Crippen molar-refractivity contribution in [3.63, 3.8) is 0 Å². The highest BCUT2D eigenvalue weighted by molar-refractivity contribution is 7.99. The van der Waals surface area contributed by atoms with Crippen molar-refractivity contribution < 1.29 is 13.6 Å². The van der Waals surface area contributed by atoms with Crippen LogP contribution in [0.15, 0.2) is 82.7 Å². The van der Waals surface area contributed by atoms with Gasteiger partial charge in [-0.05, 0) is 37.6 Å². The van der Waals surface area contributed by atoms with E-state index in [1.165, 1.54) is 17.8 Å². The monoisotopic (exact) mass is 482 g/mol. The van der Waals surface area contributed by atoms with Crippen LogP contribution < -0.4 is 5.32 Å². The predicted molar refractivity (Wildman–Crippen MR) is 129 cm³/mol. The number of aryl methyl sites for hydroxylation is 2. The largest absolute Gasteiger partial charge is 0.346 e. The second-order valence-electron chi connectivity index (χ2n) is 7.75. The lowest BCUT2D eigenvalue weighted by atomic mass is 10.00. The minimum atomic E-state index is -3.22. The van der Waals surface area contributed by atoms with Gasteiger partial charge in [0, 0.05) is 26.9 Å². The average molecular weight is 483 g/mol. The number of alkyl halides is 2. The van der Waals surface area contributed by atoms with Gasteiger partial charge in [0.05, 0.1) is 22.6 Å². The molecule has 33 heavy (non-hydrogen) atoms. The zero-order valence-corrected chi connectivity index (χ0v) is 19.6. The molecule has 3 aromatic carbocycles. The number of carbonyl (C=O) groups is 1. The van der Waals surface area contributed by atoms with E-state index in [0.717, 1.165) is 10.5 Å². The minimum Gasteiger partial charge on any atom is -0.346 e. The number of benzene rings is 3. The SMILES string of the molecule is Cc1ccc(C(F)(F)CNC(=O)c2c(Sc3ccccc3Cl)cnc3ccccc23)c(C)c1. The van der Waals surface area contributed by atoms with Gasteiger partial charge in [0.25, 0.3) is 11.8 Å². The van der Waals surface area contributed by atoms with E-state index in [0.29, 0.717) is 31.9 Å². The Morgan fingerprint density at radius 2 is 1.76 bits per heavy atom. The number of halogens is 3. The lowest BCUT2D eigenvalue weighted by Gasteiger charge is -2.20. The molecule has 0 saturated carbocycles. The Balaban J connectivity index is 1.67. The van der Waals surface area contributed by atoms with E-state index in [1.807, 2.05) is 31.2 Å². The summed E-state index contributed by atoms with van der Waals surface area (Å²) in [5.41, 5.74) is 2.19. The van der Waals surface area contributed by atoms with Crippen molar-refractivity contribution in [2.45, 2.75) is 29.6 Å². The van der Waals surface area contributed by atoms with Gasteiger partial charge in [0.1, 0.15) is 0 Å². The number of nitrogens with zero attached hydrogens (tertiary/aromatic N) is 1. The number of carbonyl (C=O) groups excluding carboxylic acids is 1. The molecule has 0 unspecified atom stereocenters. The van der Waals surface area contributed by atoms with Crippen LogP contribution in [0.3, 0.4) is 0 Å². The van der Waals surface area contributed by atoms with Crippen LogP contribution in [0.2, 0.25) is 5.02 Å². The van der Waals surface area contributed by atoms with Crippen molar-refractivity contribution in [2.75, 3.05) is 6.54 Å². The molecule has 0 atom stereocenters. The van der Waals surface area contributed by atoms with Crippen LogP contribution in [-0.2, 0) is 5.92 Å². The molecule has 0 aliphatic rings. The Hall–Kier alpha value is -2.96. The standard InChI is InChI=1S/C26H21ClF2N2OS/c1-16-11-12-19(17(2)13-16)26(28,29)15-31-25(32)24-18-7-3-5-9-21(18)30-14-23(24)33-22-10-6-4-8-20(22)27/h3-14H,15H2,1-2H3,(H,31,32). The third kappa shape index (κ3) is 5.02. The number of aromatic nitrogens is 1. The van der Waals surface area contributed by atoms with Gasteiger partial charge in [0.15, 0.2) is 0 Å². The fourth-order valence-electron chi connectivity index (χ4n) is 3.68. The summed E-state index contributed by atoms with van der Waals surface area (Å²) in [6, 6.07) is 19.1. The van der Waals surface area contributed by atoms with Crippen molar-refractivity contribution in [1.29, 1.82) is 0 Å². The molecular formula is C26H21ClF2N2OS. The van der Waals surface area contributed by atoms with Crippen molar-refractivity contribution in [3.8, 4) is 0 Å². The van der Waals surface area contributed by atoms with Crippen molar-refractivity contribution in [3.05, 3.63) is 100 Å². The third-order valence-electron chi connectivity index (χ3n) is 5.27. The summed E-state index contributed by atoms with van der Waals surface area (Å²) >= 11 is 7.57. The zero-order valence-electron chi connectivity index (χ0n) is 18.0. The van der Waals surface area contributed by atoms with Gasteiger partial charge in [-0.2, -0.15) is 8.78 Å². The van der Waals surface area contributed by atoms with E-state index in [2.05, 4.69) is 10.3 Å². The summed E-state index contributed by atoms with van der Waals surface area (Å²) in [4.78, 5) is 19.0. The maximum absolute atomic E-state index is 15.0. The maximum Gasteiger partial charge on any atom is 0.290 e. The van der Waals surface area contributed by atoms with Gasteiger partial charge in [-0.15, -0.1) is 0 Å². The molecular weight excluding hydrogens is 462 g/mol. The summed E-state index contributed by atoms with van der Waals surface area (Å²) in [6.45, 7) is 2.68. The highest BCUT2D eigenvalue weighted by Crippen LogP contribution is 2.37. The lowest BCUT2D eigenvalue weighted by molar-refractivity contribution is -0.00308. The molecule has 0 spiro atoms. The Bertz CT molecular complexity index is 1340. The van der Waals surface area contributed by atoms with Crippen LogP contribution in [-0.4, -0.2) is 17.4 Å². The smallest absolute Gasteiger partial charge is 0.290 e. The van der Waals surface area contributed by atoms with Gasteiger partial charge >= 0.3 is 0 Å². The number of pyridine rings is 1. The normalized spacial score (nSPS) is 11.5. The van der Waals surface area contributed by atoms with Gasteiger partial charge in [-0.25, -0.2) is 0 Å². The molecule has 4 aromatic rings. The number of fused-ring (bicyclic) bond motifs is 1. The molecule has 7 heteroatoms. The molecule has 0 bridgehead atoms. The van der Waals surface area contributed by atoms with Crippen molar-refractivity contribution >= 4 is 40.2 Å². The summed E-state index contributed by atoms with van der Waals surface area (Å²) in [5, 5.41) is 3.57. The van der Waals surface area contributed by atoms with E-state index >= 15 is 0 Å². The van der Waals surface area contributed by atoms with Gasteiger partial charge in [0.2, 0.25) is 0 Å². The first-order chi connectivity index (χ1) is 15.8. The lowest BCUT2D eigenvalue weighted by Crippen LogP contribution is -2.35. The van der Waals surface area contributed by atoms with Crippen LogP contribution in [0, 0.1) is 13.8 Å². The van der Waals surface area contributed by atoms with Gasteiger partial charge in [-0.3, -0.25) is 9.78 Å². The number of para-hydroxylation sites is 1. The van der Waals surface area contributed by atoms with E-state index in [9.17, 15) is 13.6 Å². The van der Waals surface area contributed by atoms with E-state index in [4.69, 9.17) is 11.6 Å². The molecule has 3 nitrogen and oxygen atoms in total. The summed E-state index contributed by atoms with van der Waals surface area (Å²) in [7, 11) is 0. The average Bonchev–Trinajstić information content (AvgIpc) is 2.78. The quantitative estimate of drug-likeness (QED) is 0.316. The molecule has 1 heterocycles. The number of amides is 1. The first-order valence-electron chi connectivity index (χ1n) is 10.3. The molecule has 0 aliphatic carbocycles. The fourth-order valence-corrected chi connectivity index (χ4v) is 4.89. The number of hydrogen-bond acceptors (Lipinski definition) is 3. The predicted octanol–water partition coefficient (Wildman–Crippen LogP) is 7.18. The Labute approximate surface area is 200 Å². The summed E-state index contributed by atoms with van der Waals surface area (Å²) in [5.74, 6) is -3.81. The maximum atomic E-state index is 15.0. The number of nitrogens with one attached hydrogen (secondary N) is 1. The summed E-state index contributed by atoms with van der Waals surface area (Å²) < 4.78 is 30.0. The number of hydrogen-bond donors (Lipinski definition) is 1. The topological polar surface area (TPSA) is 42.0 Å². The molecule has 1 aromatic heterocycles. The zero-order chi connectivity index (χ0) is 23.6. The molecule has 0 radical (unpaired) electrons. The molecule has 0 saturated heterocycles. The van der Waals surface area contributed by atoms with E-state index in [-0.39, 0.29) is 5.56 Å². The fraction of sp³-hybridized carbons (Fsp3) is 0.154. The second kappa shape index (κ2) is 9.49. The third-order valence-corrected chi connectivity index (χ3v) is 6.82. The second-order valence-corrected chi connectivity index (χ2v) is 9.24. The molecule has 0 fully saturated rings. The summed E-state index contributed by atoms with van der Waals surface area (Å²) in [6.07, 6.45) is 1.58. The van der Waals surface area contributed by atoms with Crippen LogP contribution in [0.25, 0.3) is 10.9 Å². The first-order valence-corrected chi connectivity index (χ1v) is 11.5. The molecule has 0 aliphatic heterocycles. The van der Waals surface area contributed by atoms with Crippen molar-refractivity contribution in [2.24, 2.45) is 0 Å². The number of rotatable bonds is 6. The first kappa shape index (κ1) is 23.2. The highest BCUT2D eigenvalue weighted by Gasteiger charge is 2.34. The molecule has 1 N–H and O–H groups in total. The van der Waals surface area contributed by atoms with Crippen LogP contribution in [0.4, 0.5) is 8.78 Å².